The van der Waals surface area contributed by atoms with Crippen molar-refractivity contribution in [1.29, 1.82) is 0 Å². The van der Waals surface area contributed by atoms with Gasteiger partial charge in [0.25, 0.3) is 0 Å². The van der Waals surface area contributed by atoms with E-state index in [0.717, 1.165) is 25.8 Å². The van der Waals surface area contributed by atoms with Crippen molar-refractivity contribution in [1.82, 2.24) is 20.5 Å². The largest absolute Gasteiger partial charge is 0.414 e. The van der Waals surface area contributed by atoms with Crippen molar-refractivity contribution >= 4 is 17.7 Å². The Hall–Kier alpha value is -4.30. The van der Waals surface area contributed by atoms with Gasteiger partial charge in [-0.05, 0) is 74.2 Å². The van der Waals surface area contributed by atoms with E-state index in [4.69, 9.17) is 15.2 Å². The molecule has 3 atom stereocenters. The summed E-state index contributed by atoms with van der Waals surface area (Å²) in [6.45, 7) is 7.83. The number of rotatable bonds is 13. The summed E-state index contributed by atoms with van der Waals surface area (Å²) in [6, 6.07) is 9.50. The Bertz CT molecular complexity index is 1500. The summed E-state index contributed by atoms with van der Waals surface area (Å²) in [5.74, 6) is -2.64. The molecule has 5 rings (SSSR count). The van der Waals surface area contributed by atoms with E-state index in [0.29, 0.717) is 30.6 Å². The van der Waals surface area contributed by atoms with Gasteiger partial charge in [0.1, 0.15) is 23.2 Å². The highest BCUT2D eigenvalue weighted by Crippen LogP contribution is 2.29. The van der Waals surface area contributed by atoms with Gasteiger partial charge in [0, 0.05) is 31.1 Å². The predicted octanol–water partition coefficient (Wildman–Crippen LogP) is 4.22. The molecule has 2 amide bonds. The molecule has 0 spiro atoms. The van der Waals surface area contributed by atoms with Gasteiger partial charge < -0.3 is 36.1 Å². The van der Waals surface area contributed by atoms with Crippen molar-refractivity contribution in [2.24, 2.45) is 5.73 Å². The van der Waals surface area contributed by atoms with Gasteiger partial charge in [-0.3, -0.25) is 9.78 Å². The van der Waals surface area contributed by atoms with Gasteiger partial charge in [0.2, 0.25) is 5.91 Å². The summed E-state index contributed by atoms with van der Waals surface area (Å²) in [6.07, 6.45) is 4.55. The number of anilines is 1. The van der Waals surface area contributed by atoms with Crippen LogP contribution in [0.2, 0.25) is 0 Å². The van der Waals surface area contributed by atoms with E-state index in [1.165, 1.54) is 67.6 Å². The van der Waals surface area contributed by atoms with Crippen LogP contribution in [0.3, 0.4) is 0 Å². The van der Waals surface area contributed by atoms with Gasteiger partial charge in [-0.15, -0.1) is 0 Å². The Kier molecular flexibility index (Phi) is 12.2. The second-order valence-corrected chi connectivity index (χ2v) is 12.0. The molecule has 10 nitrogen and oxygen atoms in total. The van der Waals surface area contributed by atoms with E-state index < -0.39 is 47.5 Å². The highest BCUT2D eigenvalue weighted by molar-refractivity contribution is 5.96. The van der Waals surface area contributed by atoms with Gasteiger partial charge in [-0.2, -0.15) is 0 Å². The number of hydrogen-bond acceptors (Lipinski definition) is 8. The van der Waals surface area contributed by atoms with Crippen molar-refractivity contribution in [2.45, 2.75) is 49.8 Å². The molecule has 2 aliphatic rings. The molecule has 13 heteroatoms. The minimum absolute atomic E-state index is 0.159. The van der Waals surface area contributed by atoms with Gasteiger partial charge in [0.15, 0.2) is 0 Å². The molecule has 0 saturated carbocycles. The lowest BCUT2D eigenvalue weighted by atomic mass is 9.85. The van der Waals surface area contributed by atoms with Gasteiger partial charge in [-0.1, -0.05) is 30.8 Å². The molecular formula is C35H41F3N6O4. The number of aromatic nitrogens is 1. The SMILES string of the molecule is C=C(OC(=O)NCCN1CCCC1)C1COC(CCc2c(F)cncc2NC(=O)C(N)C(c2ccc(F)cc2)c2ccc(F)cc2)CN1. The summed E-state index contributed by atoms with van der Waals surface area (Å²) in [5.41, 5.74) is 7.95. The zero-order valence-corrected chi connectivity index (χ0v) is 26.6. The maximum absolute atomic E-state index is 15.0. The zero-order chi connectivity index (χ0) is 34.0. The molecule has 0 aliphatic carbocycles. The molecule has 48 heavy (non-hydrogen) atoms. The van der Waals surface area contributed by atoms with Crippen molar-refractivity contribution in [2.75, 3.05) is 44.6 Å². The average molecular weight is 667 g/mol. The summed E-state index contributed by atoms with van der Waals surface area (Å²) < 4.78 is 53.7. The quantitative estimate of drug-likeness (QED) is 0.200. The number of amides is 2. The summed E-state index contributed by atoms with van der Waals surface area (Å²) in [7, 11) is 0. The first kappa shape index (κ1) is 35.0. The molecular weight excluding hydrogens is 625 g/mol. The van der Waals surface area contributed by atoms with E-state index in [1.807, 2.05) is 0 Å². The molecule has 2 aromatic carbocycles. The first-order valence-electron chi connectivity index (χ1n) is 16.1. The van der Waals surface area contributed by atoms with Gasteiger partial charge in [0.05, 0.1) is 42.9 Å². The fourth-order valence-corrected chi connectivity index (χ4v) is 6.01. The fourth-order valence-electron chi connectivity index (χ4n) is 6.01. The van der Waals surface area contributed by atoms with Crippen LogP contribution in [-0.2, 0) is 20.7 Å². The molecule has 1 aromatic heterocycles. The normalized spacial score (nSPS) is 18.8. The van der Waals surface area contributed by atoms with Crippen LogP contribution in [-0.4, -0.2) is 79.4 Å². The average Bonchev–Trinajstić information content (AvgIpc) is 3.60. The van der Waals surface area contributed by atoms with Crippen LogP contribution in [0.5, 0.6) is 0 Å². The number of nitrogens with one attached hydrogen (secondary N) is 3. The third-order valence-electron chi connectivity index (χ3n) is 8.70. The lowest BCUT2D eigenvalue weighted by Crippen LogP contribution is -2.48. The van der Waals surface area contributed by atoms with Crippen LogP contribution in [0.4, 0.5) is 23.7 Å². The van der Waals surface area contributed by atoms with Crippen molar-refractivity contribution in [3.05, 3.63) is 107 Å². The van der Waals surface area contributed by atoms with Crippen molar-refractivity contribution < 1.29 is 32.2 Å². The number of likely N-dealkylation sites (tertiary alicyclic amines) is 1. The second-order valence-electron chi connectivity index (χ2n) is 12.0. The summed E-state index contributed by atoms with van der Waals surface area (Å²) in [4.78, 5) is 31.9. The first-order chi connectivity index (χ1) is 23.2. The highest BCUT2D eigenvalue weighted by atomic mass is 19.1. The van der Waals surface area contributed by atoms with Crippen LogP contribution in [0.25, 0.3) is 0 Å². The standard InChI is InChI=1S/C35H41F3N6O4/c1-22(48-35(46)41-14-17-44-15-2-3-16-44)31-21-47-27(18-42-31)12-13-28-29(38)19-40-20-30(28)43-34(45)33(39)32(23-4-8-25(36)9-5-23)24-6-10-26(37)11-7-24/h4-11,19-20,27,31-33,42H,1-3,12-18,21,39H2,(H,41,46)(H,43,45). The molecule has 0 radical (unpaired) electrons. The monoisotopic (exact) mass is 666 g/mol. The molecule has 3 heterocycles. The van der Waals surface area contributed by atoms with Crippen LogP contribution in [0.1, 0.15) is 41.9 Å². The topological polar surface area (TPSA) is 131 Å². The summed E-state index contributed by atoms with van der Waals surface area (Å²) in [5, 5.41) is 8.72. The van der Waals surface area contributed by atoms with Crippen LogP contribution in [0.15, 0.2) is 73.3 Å². The Labute approximate surface area is 277 Å². The van der Waals surface area contributed by atoms with E-state index in [2.05, 4.69) is 32.4 Å². The third-order valence-corrected chi connectivity index (χ3v) is 8.70. The molecule has 2 saturated heterocycles. The molecule has 3 unspecified atom stereocenters. The van der Waals surface area contributed by atoms with Crippen LogP contribution >= 0.6 is 0 Å². The number of nitrogens with zero attached hydrogens (tertiary/aromatic N) is 2. The Morgan fingerprint density at radius 2 is 1.69 bits per heavy atom. The summed E-state index contributed by atoms with van der Waals surface area (Å²) >= 11 is 0. The maximum Gasteiger partial charge on any atom is 0.412 e. The molecule has 2 fully saturated rings. The number of morpholine rings is 1. The number of carbonyl (C=O) groups excluding carboxylic acids is 2. The first-order valence-corrected chi connectivity index (χ1v) is 16.1. The number of alkyl carbamates (subject to hydrolysis) is 1. The van der Waals surface area contributed by atoms with Gasteiger partial charge in [-0.25, -0.2) is 18.0 Å². The van der Waals surface area contributed by atoms with E-state index in [1.54, 1.807) is 0 Å². The second kappa shape index (κ2) is 16.7. The predicted molar refractivity (Wildman–Crippen MR) is 175 cm³/mol. The Morgan fingerprint density at radius 1 is 1.04 bits per heavy atom. The van der Waals surface area contributed by atoms with E-state index >= 15 is 4.39 Å². The molecule has 0 bridgehead atoms. The number of ether oxygens (including phenoxy) is 2. The lowest BCUT2D eigenvalue weighted by molar-refractivity contribution is -0.117. The molecule has 256 valence electrons. The van der Waals surface area contributed by atoms with E-state index in [-0.39, 0.29) is 36.1 Å². The fraction of sp³-hybridized carbons (Fsp3) is 0.400. The van der Waals surface area contributed by atoms with Crippen LogP contribution < -0.4 is 21.7 Å². The minimum Gasteiger partial charge on any atom is -0.414 e. The number of pyridine rings is 1. The number of hydrogen-bond donors (Lipinski definition) is 4. The van der Waals surface area contributed by atoms with Crippen molar-refractivity contribution in [3.8, 4) is 0 Å². The minimum atomic E-state index is -1.19. The number of carbonyl (C=O) groups is 2. The Morgan fingerprint density at radius 3 is 2.29 bits per heavy atom. The molecule has 5 N–H and O–H groups in total. The van der Waals surface area contributed by atoms with Crippen LogP contribution in [0, 0.1) is 17.5 Å². The lowest BCUT2D eigenvalue weighted by Gasteiger charge is -2.31. The van der Waals surface area contributed by atoms with Crippen molar-refractivity contribution in [3.63, 3.8) is 0 Å². The van der Waals surface area contributed by atoms with E-state index in [9.17, 15) is 18.4 Å². The maximum atomic E-state index is 15.0. The number of halogens is 3. The number of nitrogens with two attached hydrogens (primary N) is 1. The highest BCUT2D eigenvalue weighted by Gasteiger charge is 2.30. The molecule has 2 aliphatic heterocycles. The zero-order valence-electron chi connectivity index (χ0n) is 26.6. The van der Waals surface area contributed by atoms with Gasteiger partial charge >= 0.3 is 6.09 Å². The number of benzene rings is 2. The third kappa shape index (κ3) is 9.41. The Balaban J connectivity index is 1.14. The molecule has 3 aromatic rings. The smallest absolute Gasteiger partial charge is 0.412 e.